The fourth-order valence-corrected chi connectivity index (χ4v) is 2.97. The number of hydrogen-bond acceptors (Lipinski definition) is 5. The maximum Gasteiger partial charge on any atom is 0.333 e. The Morgan fingerprint density at radius 3 is 2.72 bits per heavy atom. The SMILES string of the molecule is C#CCn1c(=O)c2c(nc(-c3ccc4c(c3)OCO4)n2C)n(C)c1=O. The minimum Gasteiger partial charge on any atom is -0.454 e. The molecular weight excluding hydrogens is 324 g/mol. The largest absolute Gasteiger partial charge is 0.454 e. The Bertz CT molecular complexity index is 1180. The van der Waals surface area contributed by atoms with Gasteiger partial charge in [0.1, 0.15) is 5.82 Å². The van der Waals surface area contributed by atoms with Crippen molar-refractivity contribution in [1.29, 1.82) is 0 Å². The van der Waals surface area contributed by atoms with Gasteiger partial charge in [-0.3, -0.25) is 9.36 Å². The summed E-state index contributed by atoms with van der Waals surface area (Å²) >= 11 is 0. The van der Waals surface area contributed by atoms with E-state index in [1.807, 2.05) is 6.07 Å². The number of fused-ring (bicyclic) bond motifs is 2. The summed E-state index contributed by atoms with van der Waals surface area (Å²) in [6.45, 7) is 0.0820. The Morgan fingerprint density at radius 2 is 1.96 bits per heavy atom. The van der Waals surface area contributed by atoms with Gasteiger partial charge in [-0.25, -0.2) is 14.3 Å². The van der Waals surface area contributed by atoms with E-state index in [9.17, 15) is 9.59 Å². The van der Waals surface area contributed by atoms with E-state index >= 15 is 0 Å². The summed E-state index contributed by atoms with van der Waals surface area (Å²) in [7, 11) is 3.29. The third kappa shape index (κ3) is 2.06. The molecule has 0 N–H and O–H groups in total. The zero-order chi connectivity index (χ0) is 17.7. The second kappa shape index (κ2) is 5.27. The normalized spacial score (nSPS) is 12.5. The molecule has 0 bridgehead atoms. The molecule has 126 valence electrons. The number of aryl methyl sites for hydroxylation is 2. The van der Waals surface area contributed by atoms with Crippen LogP contribution in [0.5, 0.6) is 11.5 Å². The molecule has 4 rings (SSSR count). The fourth-order valence-electron chi connectivity index (χ4n) is 2.97. The highest BCUT2D eigenvalue weighted by Crippen LogP contribution is 2.35. The van der Waals surface area contributed by atoms with Gasteiger partial charge in [-0.05, 0) is 18.2 Å². The van der Waals surface area contributed by atoms with Crippen molar-refractivity contribution in [2.24, 2.45) is 14.1 Å². The van der Waals surface area contributed by atoms with Crippen molar-refractivity contribution < 1.29 is 9.47 Å². The minimum absolute atomic E-state index is 0.0913. The molecule has 1 aliphatic rings. The quantitative estimate of drug-likeness (QED) is 0.634. The molecule has 0 fully saturated rings. The fraction of sp³-hybridized carbons (Fsp3) is 0.235. The van der Waals surface area contributed by atoms with Crippen molar-refractivity contribution in [3.63, 3.8) is 0 Å². The minimum atomic E-state index is -0.495. The van der Waals surface area contributed by atoms with E-state index in [0.29, 0.717) is 28.5 Å². The maximum atomic E-state index is 12.7. The standard InChI is InChI=1S/C17H14N4O4/c1-4-7-21-16(22)13-15(20(3)17(21)23)18-14(19(13)2)10-5-6-11-12(8-10)25-9-24-11/h1,5-6,8H,7,9H2,2-3H3. The predicted octanol–water partition coefficient (Wildman–Crippen LogP) is 0.463. The van der Waals surface area contributed by atoms with Crippen molar-refractivity contribution in [2.45, 2.75) is 6.54 Å². The van der Waals surface area contributed by atoms with Gasteiger partial charge in [0.15, 0.2) is 22.7 Å². The molecule has 0 radical (unpaired) electrons. The lowest BCUT2D eigenvalue weighted by Gasteiger charge is -2.06. The number of terminal acetylenes is 1. The molecule has 0 unspecified atom stereocenters. The van der Waals surface area contributed by atoms with Crippen LogP contribution in [0.25, 0.3) is 22.6 Å². The molecule has 3 aromatic rings. The van der Waals surface area contributed by atoms with E-state index in [1.165, 1.54) is 4.57 Å². The Balaban J connectivity index is 2.02. The molecule has 8 heteroatoms. The summed E-state index contributed by atoms with van der Waals surface area (Å²) in [5.41, 5.74) is 0.408. The van der Waals surface area contributed by atoms with Crippen LogP contribution < -0.4 is 20.7 Å². The van der Waals surface area contributed by atoms with Crippen LogP contribution >= 0.6 is 0 Å². The summed E-state index contributed by atoms with van der Waals surface area (Å²) in [6.07, 6.45) is 5.27. The average molecular weight is 338 g/mol. The molecule has 8 nitrogen and oxygen atoms in total. The van der Waals surface area contributed by atoms with E-state index in [4.69, 9.17) is 15.9 Å². The lowest BCUT2D eigenvalue weighted by atomic mass is 10.2. The first kappa shape index (κ1) is 15.1. The Kier molecular flexibility index (Phi) is 3.18. The number of ether oxygens (including phenoxy) is 2. The molecule has 1 aliphatic heterocycles. The van der Waals surface area contributed by atoms with Crippen LogP contribution in [0.2, 0.25) is 0 Å². The third-order valence-electron chi connectivity index (χ3n) is 4.24. The molecule has 0 atom stereocenters. The molecule has 0 saturated heterocycles. The molecule has 25 heavy (non-hydrogen) atoms. The number of nitrogens with zero attached hydrogens (tertiary/aromatic N) is 4. The van der Waals surface area contributed by atoms with E-state index in [0.717, 1.165) is 10.1 Å². The van der Waals surface area contributed by atoms with Crippen LogP contribution in [0.15, 0.2) is 27.8 Å². The number of imidazole rings is 1. The molecule has 0 aliphatic carbocycles. The summed E-state index contributed by atoms with van der Waals surface area (Å²) in [6, 6.07) is 5.40. The highest BCUT2D eigenvalue weighted by Gasteiger charge is 2.21. The van der Waals surface area contributed by atoms with Gasteiger partial charge >= 0.3 is 5.69 Å². The van der Waals surface area contributed by atoms with Crippen molar-refractivity contribution >= 4 is 11.2 Å². The van der Waals surface area contributed by atoms with E-state index in [1.54, 1.807) is 30.8 Å². The maximum absolute atomic E-state index is 12.7. The van der Waals surface area contributed by atoms with E-state index in [2.05, 4.69) is 10.9 Å². The number of aromatic nitrogens is 4. The molecule has 3 heterocycles. The number of benzene rings is 1. The van der Waals surface area contributed by atoms with Gasteiger partial charge in [0.05, 0.1) is 6.54 Å². The van der Waals surface area contributed by atoms with Gasteiger partial charge in [-0.1, -0.05) is 5.92 Å². The van der Waals surface area contributed by atoms with Gasteiger partial charge in [-0.15, -0.1) is 6.42 Å². The van der Waals surface area contributed by atoms with Crippen LogP contribution in [0.4, 0.5) is 0 Å². The lowest BCUT2D eigenvalue weighted by Crippen LogP contribution is -2.39. The Hall–Kier alpha value is -3.47. The van der Waals surface area contributed by atoms with Crippen LogP contribution in [0, 0.1) is 12.3 Å². The van der Waals surface area contributed by atoms with Gasteiger partial charge < -0.3 is 14.0 Å². The first-order chi connectivity index (χ1) is 12.0. The zero-order valence-corrected chi connectivity index (χ0v) is 13.6. The van der Waals surface area contributed by atoms with Gasteiger partial charge in [0, 0.05) is 19.7 Å². The summed E-state index contributed by atoms with van der Waals surface area (Å²) < 4.78 is 14.7. The topological polar surface area (TPSA) is 80.3 Å². The van der Waals surface area contributed by atoms with Crippen LogP contribution in [0.3, 0.4) is 0 Å². The van der Waals surface area contributed by atoms with Crippen LogP contribution in [0.1, 0.15) is 0 Å². The zero-order valence-electron chi connectivity index (χ0n) is 13.6. The lowest BCUT2D eigenvalue weighted by molar-refractivity contribution is 0.174. The van der Waals surface area contributed by atoms with Gasteiger partial charge in [0.2, 0.25) is 6.79 Å². The molecule has 0 amide bonds. The second-order valence-corrected chi connectivity index (χ2v) is 5.67. The molecule has 1 aromatic carbocycles. The second-order valence-electron chi connectivity index (χ2n) is 5.67. The van der Waals surface area contributed by atoms with Crippen molar-refractivity contribution in [3.05, 3.63) is 39.0 Å². The molecular formula is C17H14N4O4. The monoisotopic (exact) mass is 338 g/mol. The van der Waals surface area contributed by atoms with E-state index < -0.39 is 11.2 Å². The Labute approximate surface area is 141 Å². The molecule has 2 aromatic heterocycles. The van der Waals surface area contributed by atoms with Crippen molar-refractivity contribution in [2.75, 3.05) is 6.79 Å². The first-order valence-electron chi connectivity index (χ1n) is 7.52. The van der Waals surface area contributed by atoms with Crippen LogP contribution in [-0.4, -0.2) is 25.5 Å². The van der Waals surface area contributed by atoms with E-state index in [-0.39, 0.29) is 13.3 Å². The molecule has 0 spiro atoms. The Morgan fingerprint density at radius 1 is 1.20 bits per heavy atom. The summed E-state index contributed by atoms with van der Waals surface area (Å²) in [4.78, 5) is 29.5. The highest BCUT2D eigenvalue weighted by molar-refractivity contribution is 5.77. The average Bonchev–Trinajstić information content (AvgIpc) is 3.20. The summed E-state index contributed by atoms with van der Waals surface area (Å²) in [5.74, 6) is 4.15. The number of rotatable bonds is 2. The predicted molar refractivity (Wildman–Crippen MR) is 90.6 cm³/mol. The van der Waals surface area contributed by atoms with Gasteiger partial charge in [-0.2, -0.15) is 0 Å². The summed E-state index contributed by atoms with van der Waals surface area (Å²) in [5, 5.41) is 0. The van der Waals surface area contributed by atoms with Crippen LogP contribution in [-0.2, 0) is 20.6 Å². The molecule has 0 saturated carbocycles. The van der Waals surface area contributed by atoms with Crippen molar-refractivity contribution in [1.82, 2.24) is 18.7 Å². The smallest absolute Gasteiger partial charge is 0.333 e. The first-order valence-corrected chi connectivity index (χ1v) is 7.52. The number of hydrogen-bond donors (Lipinski definition) is 0. The van der Waals surface area contributed by atoms with Crippen molar-refractivity contribution in [3.8, 4) is 35.2 Å². The third-order valence-corrected chi connectivity index (χ3v) is 4.24. The highest BCUT2D eigenvalue weighted by atomic mass is 16.7. The van der Waals surface area contributed by atoms with Gasteiger partial charge in [0.25, 0.3) is 5.56 Å².